The number of phenols is 1. The minimum absolute atomic E-state index is 0.0467. The molecule has 0 heterocycles. The van der Waals surface area contributed by atoms with Crippen LogP contribution in [0.5, 0.6) is 5.75 Å². The number of hydrogen-bond acceptors (Lipinski definition) is 4. The molecule has 0 radical (unpaired) electrons. The summed E-state index contributed by atoms with van der Waals surface area (Å²) in [7, 11) is 0. The summed E-state index contributed by atoms with van der Waals surface area (Å²) < 4.78 is 0. The molecule has 0 aromatic heterocycles. The molecule has 0 unspecified atom stereocenters. The van der Waals surface area contributed by atoms with E-state index in [1.807, 2.05) is 0 Å². The Morgan fingerprint density at radius 2 is 2.25 bits per heavy atom. The zero-order valence-corrected chi connectivity index (χ0v) is 6.02. The van der Waals surface area contributed by atoms with Crippen molar-refractivity contribution in [3.63, 3.8) is 0 Å². The van der Waals surface area contributed by atoms with Gasteiger partial charge in [0.1, 0.15) is 5.75 Å². The first-order valence-electron chi connectivity index (χ1n) is 3.14. The Morgan fingerprint density at radius 1 is 1.50 bits per heavy atom. The van der Waals surface area contributed by atoms with Gasteiger partial charge >= 0.3 is 0 Å². The van der Waals surface area contributed by atoms with E-state index in [0.717, 1.165) is 0 Å². The van der Waals surface area contributed by atoms with Crippen LogP contribution in [0.1, 0.15) is 10.4 Å². The zero-order valence-electron chi connectivity index (χ0n) is 6.02. The fraction of sp³-hybridized carbons (Fsp3) is 0. The van der Waals surface area contributed by atoms with Gasteiger partial charge in [0.05, 0.1) is 5.69 Å². The molecule has 0 saturated heterocycles. The molecule has 1 aromatic carbocycles. The Balaban J connectivity index is 3.29. The van der Waals surface area contributed by atoms with Crippen molar-refractivity contribution in [2.45, 2.75) is 0 Å². The van der Waals surface area contributed by atoms with E-state index < -0.39 is 0 Å². The summed E-state index contributed by atoms with van der Waals surface area (Å²) in [6.07, 6.45) is 1.84. The molecular weight excluding hydrogens is 158 g/mol. The van der Waals surface area contributed by atoms with Crippen LogP contribution in [0.2, 0.25) is 0 Å². The molecule has 1 aromatic rings. The first kappa shape index (κ1) is 8.17. The third kappa shape index (κ3) is 1.56. The van der Waals surface area contributed by atoms with E-state index in [-0.39, 0.29) is 17.0 Å². The van der Waals surface area contributed by atoms with Crippen molar-refractivity contribution in [2.75, 3.05) is 0 Å². The minimum Gasteiger partial charge on any atom is -0.508 e. The lowest BCUT2D eigenvalue weighted by Crippen LogP contribution is -1.79. The monoisotopic (exact) mass is 163 g/mol. The molecule has 0 aliphatic carbocycles. The molecular formula is C8H5NO3. The summed E-state index contributed by atoms with van der Waals surface area (Å²) >= 11 is 0. The Morgan fingerprint density at radius 3 is 2.83 bits per heavy atom. The molecule has 0 aliphatic heterocycles. The minimum atomic E-state index is -0.0467. The lowest BCUT2D eigenvalue weighted by molar-refractivity contribution is 0.112. The number of hydrogen-bond donors (Lipinski definition) is 1. The van der Waals surface area contributed by atoms with Gasteiger partial charge in [-0.25, -0.2) is 4.79 Å². The van der Waals surface area contributed by atoms with Gasteiger partial charge < -0.3 is 5.11 Å². The van der Waals surface area contributed by atoms with Crippen LogP contribution < -0.4 is 0 Å². The number of nitrogens with zero attached hydrogens (tertiary/aromatic N) is 1. The molecule has 0 bridgehead atoms. The van der Waals surface area contributed by atoms with E-state index in [0.29, 0.717) is 6.29 Å². The van der Waals surface area contributed by atoms with E-state index in [4.69, 9.17) is 5.11 Å². The topological polar surface area (TPSA) is 66.7 Å². The summed E-state index contributed by atoms with van der Waals surface area (Å²) in [4.78, 5) is 23.4. The SMILES string of the molecule is O=C=Nc1cc(O)ccc1C=O. The molecule has 0 fully saturated rings. The Kier molecular flexibility index (Phi) is 2.35. The van der Waals surface area contributed by atoms with Gasteiger partial charge in [-0.1, -0.05) is 0 Å². The summed E-state index contributed by atoms with van der Waals surface area (Å²) in [6.45, 7) is 0. The summed E-state index contributed by atoms with van der Waals surface area (Å²) in [5.74, 6) is -0.0467. The maximum absolute atomic E-state index is 10.3. The summed E-state index contributed by atoms with van der Waals surface area (Å²) in [5.41, 5.74) is 0.371. The van der Waals surface area contributed by atoms with Crippen molar-refractivity contribution in [3.05, 3.63) is 23.8 Å². The van der Waals surface area contributed by atoms with E-state index in [1.54, 1.807) is 0 Å². The molecule has 1 rings (SSSR count). The first-order chi connectivity index (χ1) is 5.77. The van der Waals surface area contributed by atoms with Crippen LogP contribution in [0.25, 0.3) is 0 Å². The molecule has 0 amide bonds. The predicted molar refractivity (Wildman–Crippen MR) is 41.3 cm³/mol. The lowest BCUT2D eigenvalue weighted by Gasteiger charge is -1.95. The zero-order chi connectivity index (χ0) is 8.97. The molecule has 0 spiro atoms. The van der Waals surface area contributed by atoms with Crippen molar-refractivity contribution in [1.29, 1.82) is 0 Å². The van der Waals surface area contributed by atoms with Gasteiger partial charge in [-0.15, -0.1) is 0 Å². The fourth-order valence-corrected chi connectivity index (χ4v) is 0.778. The highest BCUT2D eigenvalue weighted by Gasteiger charge is 2.00. The Bertz CT molecular complexity index is 353. The van der Waals surface area contributed by atoms with E-state index in [1.165, 1.54) is 24.3 Å². The summed E-state index contributed by atoms with van der Waals surface area (Å²) in [6, 6.07) is 3.93. The highest BCUT2D eigenvalue weighted by molar-refractivity contribution is 5.84. The molecule has 1 N–H and O–H groups in total. The number of aliphatic imine (C=N–C) groups is 1. The predicted octanol–water partition coefficient (Wildman–Crippen LogP) is 1.17. The number of rotatable bonds is 2. The number of aromatic hydroxyl groups is 1. The molecule has 0 aliphatic rings. The molecule has 60 valence electrons. The third-order valence-corrected chi connectivity index (χ3v) is 1.31. The van der Waals surface area contributed by atoms with Gasteiger partial charge in [-0.05, 0) is 12.1 Å². The number of aldehydes is 1. The van der Waals surface area contributed by atoms with Crippen molar-refractivity contribution in [2.24, 2.45) is 4.99 Å². The van der Waals surface area contributed by atoms with Crippen molar-refractivity contribution < 1.29 is 14.7 Å². The van der Waals surface area contributed by atoms with Crippen LogP contribution in [-0.2, 0) is 4.79 Å². The van der Waals surface area contributed by atoms with Crippen molar-refractivity contribution in [1.82, 2.24) is 0 Å². The van der Waals surface area contributed by atoms with Crippen molar-refractivity contribution in [3.8, 4) is 5.75 Å². The quantitative estimate of drug-likeness (QED) is 0.404. The molecule has 4 heteroatoms. The van der Waals surface area contributed by atoms with Crippen LogP contribution >= 0.6 is 0 Å². The number of benzene rings is 1. The van der Waals surface area contributed by atoms with Crippen LogP contribution in [0.15, 0.2) is 23.2 Å². The van der Waals surface area contributed by atoms with Gasteiger partial charge in [0, 0.05) is 11.6 Å². The smallest absolute Gasteiger partial charge is 0.240 e. The second-order valence-electron chi connectivity index (χ2n) is 2.06. The molecule has 12 heavy (non-hydrogen) atoms. The second kappa shape index (κ2) is 3.46. The second-order valence-corrected chi connectivity index (χ2v) is 2.06. The lowest BCUT2D eigenvalue weighted by atomic mass is 10.2. The van der Waals surface area contributed by atoms with E-state index in [9.17, 15) is 9.59 Å². The summed E-state index contributed by atoms with van der Waals surface area (Å²) in [5, 5.41) is 8.95. The van der Waals surface area contributed by atoms with E-state index in [2.05, 4.69) is 4.99 Å². The number of carbonyl (C=O) groups is 1. The third-order valence-electron chi connectivity index (χ3n) is 1.31. The van der Waals surface area contributed by atoms with Gasteiger partial charge in [-0.2, -0.15) is 4.99 Å². The Hall–Kier alpha value is -1.93. The number of phenolic OH excluding ortho intramolecular Hbond substituents is 1. The fourth-order valence-electron chi connectivity index (χ4n) is 0.778. The van der Waals surface area contributed by atoms with Crippen LogP contribution in [-0.4, -0.2) is 17.5 Å². The largest absolute Gasteiger partial charge is 0.508 e. The van der Waals surface area contributed by atoms with Gasteiger partial charge in [0.2, 0.25) is 6.08 Å². The molecule has 4 nitrogen and oxygen atoms in total. The van der Waals surface area contributed by atoms with E-state index >= 15 is 0 Å². The van der Waals surface area contributed by atoms with Crippen LogP contribution in [0.3, 0.4) is 0 Å². The van der Waals surface area contributed by atoms with Crippen LogP contribution in [0, 0.1) is 0 Å². The highest BCUT2D eigenvalue weighted by Crippen LogP contribution is 2.22. The average molecular weight is 163 g/mol. The average Bonchev–Trinajstić information content (AvgIpc) is 2.05. The van der Waals surface area contributed by atoms with Gasteiger partial charge in [0.25, 0.3) is 0 Å². The molecule has 0 atom stereocenters. The standard InChI is InChI=1S/C8H5NO3/c10-4-6-1-2-7(12)3-8(6)9-5-11/h1-4,12H. The van der Waals surface area contributed by atoms with Crippen molar-refractivity contribution >= 4 is 18.1 Å². The van der Waals surface area contributed by atoms with Gasteiger partial charge in [-0.3, -0.25) is 4.79 Å². The Labute approximate surface area is 68.2 Å². The highest BCUT2D eigenvalue weighted by atomic mass is 16.3. The number of isocyanates is 1. The normalized spacial score (nSPS) is 8.67. The molecule has 0 saturated carbocycles. The first-order valence-corrected chi connectivity index (χ1v) is 3.14. The number of carbonyl (C=O) groups excluding carboxylic acids is 2. The maximum atomic E-state index is 10.3. The van der Waals surface area contributed by atoms with Gasteiger partial charge in [0.15, 0.2) is 6.29 Å². The van der Waals surface area contributed by atoms with Crippen LogP contribution in [0.4, 0.5) is 5.69 Å². The maximum Gasteiger partial charge on any atom is 0.240 e.